The monoisotopic (exact) mass is 293 g/mol. The molecule has 2 bridgehead atoms. The van der Waals surface area contributed by atoms with Crippen LogP contribution >= 0.6 is 0 Å². The Morgan fingerprint density at radius 1 is 1.20 bits per heavy atom. The molecule has 0 aromatic heterocycles. The van der Waals surface area contributed by atoms with Crippen molar-refractivity contribution in [3.63, 3.8) is 0 Å². The summed E-state index contributed by atoms with van der Waals surface area (Å²) in [6, 6.07) is 0. The van der Waals surface area contributed by atoms with E-state index in [9.17, 15) is 22.8 Å². The summed E-state index contributed by atoms with van der Waals surface area (Å²) in [6.07, 6.45) is -0.374. The quantitative estimate of drug-likeness (QED) is 0.846. The molecule has 1 N–H and O–H groups in total. The summed E-state index contributed by atoms with van der Waals surface area (Å²) in [5.74, 6) is -0.946. The van der Waals surface area contributed by atoms with Gasteiger partial charge in [-0.05, 0) is 37.0 Å². The van der Waals surface area contributed by atoms with E-state index in [0.717, 1.165) is 25.7 Å². The molecule has 2 fully saturated rings. The second-order valence-corrected chi connectivity index (χ2v) is 5.90. The number of alkyl halides is 3. The minimum absolute atomic E-state index is 0.0462. The van der Waals surface area contributed by atoms with E-state index in [1.807, 2.05) is 0 Å². The van der Waals surface area contributed by atoms with Gasteiger partial charge in [-0.25, -0.2) is 0 Å². The number of aliphatic carboxylic acids is 1. The molecular weight excluding hydrogens is 275 g/mol. The molecule has 3 unspecified atom stereocenters. The molecule has 0 radical (unpaired) electrons. The van der Waals surface area contributed by atoms with Crippen molar-refractivity contribution in [2.45, 2.75) is 38.3 Å². The molecule has 1 amide bonds. The third kappa shape index (κ3) is 3.86. The Morgan fingerprint density at radius 2 is 1.90 bits per heavy atom. The van der Waals surface area contributed by atoms with Crippen molar-refractivity contribution in [1.82, 2.24) is 4.90 Å². The summed E-state index contributed by atoms with van der Waals surface area (Å²) in [6.45, 7) is -2.38. The summed E-state index contributed by atoms with van der Waals surface area (Å²) in [7, 11) is 0. The molecule has 7 heteroatoms. The molecule has 0 spiro atoms. The van der Waals surface area contributed by atoms with Crippen molar-refractivity contribution in [1.29, 1.82) is 0 Å². The number of halogens is 3. The van der Waals surface area contributed by atoms with Gasteiger partial charge in [-0.2, -0.15) is 13.2 Å². The first-order chi connectivity index (χ1) is 9.24. The molecule has 0 saturated heterocycles. The summed E-state index contributed by atoms with van der Waals surface area (Å²) in [5, 5.41) is 8.63. The lowest BCUT2D eigenvalue weighted by Gasteiger charge is -2.26. The fraction of sp³-hybridized carbons (Fsp3) is 0.846. The van der Waals surface area contributed by atoms with Crippen LogP contribution in [0.1, 0.15) is 32.1 Å². The van der Waals surface area contributed by atoms with E-state index in [0.29, 0.717) is 16.7 Å². The molecule has 0 aromatic carbocycles. The van der Waals surface area contributed by atoms with E-state index >= 15 is 0 Å². The molecule has 2 rings (SSSR count). The Hall–Kier alpha value is -1.27. The SMILES string of the molecule is O=C(O)CN(CC(F)(F)F)C(=O)CC1CC2CCC1C2. The third-order valence-electron chi connectivity index (χ3n) is 4.37. The first kappa shape index (κ1) is 15.1. The number of fused-ring (bicyclic) bond motifs is 2. The fourth-order valence-corrected chi connectivity index (χ4v) is 3.59. The van der Waals surface area contributed by atoms with Gasteiger partial charge in [-0.1, -0.05) is 6.42 Å². The predicted molar refractivity (Wildman–Crippen MR) is 63.8 cm³/mol. The van der Waals surface area contributed by atoms with Crippen molar-refractivity contribution < 1.29 is 27.9 Å². The van der Waals surface area contributed by atoms with Crippen LogP contribution in [0.15, 0.2) is 0 Å². The standard InChI is InChI=1S/C13H18F3NO3/c14-13(15,16)7-17(6-12(19)20)11(18)5-10-4-8-1-2-9(10)3-8/h8-10H,1-7H2,(H,19,20). The highest BCUT2D eigenvalue weighted by Gasteiger charge is 2.41. The summed E-state index contributed by atoms with van der Waals surface area (Å²) in [5.41, 5.74) is 0. The maximum Gasteiger partial charge on any atom is 0.406 e. The van der Waals surface area contributed by atoms with Gasteiger partial charge in [-0.15, -0.1) is 0 Å². The van der Waals surface area contributed by atoms with E-state index in [1.165, 1.54) is 0 Å². The van der Waals surface area contributed by atoms with Gasteiger partial charge >= 0.3 is 12.1 Å². The molecule has 2 aliphatic rings. The summed E-state index contributed by atoms with van der Waals surface area (Å²) < 4.78 is 37.2. The molecule has 2 aliphatic carbocycles. The maximum absolute atomic E-state index is 12.4. The number of rotatable bonds is 5. The minimum Gasteiger partial charge on any atom is -0.480 e. The average Bonchev–Trinajstić information content (AvgIpc) is 2.87. The lowest BCUT2D eigenvalue weighted by Crippen LogP contribution is -2.42. The highest BCUT2D eigenvalue weighted by molar-refractivity contribution is 5.81. The zero-order chi connectivity index (χ0) is 14.9. The number of carbonyl (C=O) groups excluding carboxylic acids is 1. The van der Waals surface area contributed by atoms with E-state index in [4.69, 9.17) is 5.11 Å². The third-order valence-corrected chi connectivity index (χ3v) is 4.37. The van der Waals surface area contributed by atoms with E-state index < -0.39 is 31.1 Å². The summed E-state index contributed by atoms with van der Waals surface area (Å²) >= 11 is 0. The highest BCUT2D eigenvalue weighted by atomic mass is 19.4. The van der Waals surface area contributed by atoms with Gasteiger partial charge in [0.15, 0.2) is 0 Å². The van der Waals surface area contributed by atoms with Crippen LogP contribution in [0.25, 0.3) is 0 Å². The Balaban J connectivity index is 1.93. The summed E-state index contributed by atoms with van der Waals surface area (Å²) in [4.78, 5) is 23.0. The smallest absolute Gasteiger partial charge is 0.406 e. The minimum atomic E-state index is -4.57. The number of hydrogen-bond acceptors (Lipinski definition) is 2. The molecule has 3 atom stereocenters. The van der Waals surface area contributed by atoms with Crippen LogP contribution in [0.4, 0.5) is 13.2 Å². The number of carbonyl (C=O) groups is 2. The molecule has 4 nitrogen and oxygen atoms in total. The van der Waals surface area contributed by atoms with Crippen molar-refractivity contribution >= 4 is 11.9 Å². The van der Waals surface area contributed by atoms with Crippen molar-refractivity contribution in [2.24, 2.45) is 17.8 Å². The van der Waals surface area contributed by atoms with Crippen LogP contribution in [0.3, 0.4) is 0 Å². The van der Waals surface area contributed by atoms with Gasteiger partial charge < -0.3 is 10.0 Å². The molecule has 0 aromatic rings. The maximum atomic E-state index is 12.4. The van der Waals surface area contributed by atoms with Crippen LogP contribution in [-0.2, 0) is 9.59 Å². The van der Waals surface area contributed by atoms with Gasteiger partial charge in [0.1, 0.15) is 13.1 Å². The lowest BCUT2D eigenvalue weighted by molar-refractivity contribution is -0.166. The topological polar surface area (TPSA) is 57.6 Å². The molecule has 2 saturated carbocycles. The Kier molecular flexibility index (Phi) is 4.25. The second kappa shape index (κ2) is 5.61. The first-order valence-corrected chi connectivity index (χ1v) is 6.81. The van der Waals surface area contributed by atoms with Gasteiger partial charge in [0.05, 0.1) is 0 Å². The van der Waals surface area contributed by atoms with Crippen LogP contribution in [0, 0.1) is 17.8 Å². The zero-order valence-electron chi connectivity index (χ0n) is 11.0. The van der Waals surface area contributed by atoms with E-state index in [2.05, 4.69) is 0 Å². The Bertz CT molecular complexity index is 397. The normalized spacial score (nSPS) is 28.6. The van der Waals surface area contributed by atoms with Crippen LogP contribution in [0.5, 0.6) is 0 Å². The lowest BCUT2D eigenvalue weighted by atomic mass is 9.86. The number of carboxylic acids is 1. The molecule has 0 aliphatic heterocycles. The van der Waals surface area contributed by atoms with Crippen molar-refractivity contribution in [3.8, 4) is 0 Å². The zero-order valence-corrected chi connectivity index (χ0v) is 11.0. The van der Waals surface area contributed by atoms with E-state index in [1.54, 1.807) is 0 Å². The second-order valence-electron chi connectivity index (χ2n) is 5.90. The number of carboxylic acid groups (broad SMARTS) is 1. The van der Waals surface area contributed by atoms with Gasteiger partial charge in [-0.3, -0.25) is 9.59 Å². The van der Waals surface area contributed by atoms with Crippen molar-refractivity contribution in [2.75, 3.05) is 13.1 Å². The molecular formula is C13H18F3NO3. The highest BCUT2D eigenvalue weighted by Crippen LogP contribution is 2.49. The number of hydrogen-bond donors (Lipinski definition) is 1. The fourth-order valence-electron chi connectivity index (χ4n) is 3.59. The van der Waals surface area contributed by atoms with E-state index in [-0.39, 0.29) is 12.3 Å². The Labute approximate surface area is 114 Å². The average molecular weight is 293 g/mol. The molecule has 20 heavy (non-hydrogen) atoms. The molecule has 0 heterocycles. The van der Waals surface area contributed by atoms with Crippen LogP contribution in [-0.4, -0.2) is 41.1 Å². The van der Waals surface area contributed by atoms with Crippen LogP contribution < -0.4 is 0 Å². The predicted octanol–water partition coefficient (Wildman–Crippen LogP) is 2.29. The Morgan fingerprint density at radius 3 is 2.35 bits per heavy atom. The van der Waals surface area contributed by atoms with Gasteiger partial charge in [0.2, 0.25) is 5.91 Å². The van der Waals surface area contributed by atoms with Gasteiger partial charge in [0.25, 0.3) is 0 Å². The number of nitrogens with zero attached hydrogens (tertiary/aromatic N) is 1. The van der Waals surface area contributed by atoms with Crippen molar-refractivity contribution in [3.05, 3.63) is 0 Å². The van der Waals surface area contributed by atoms with Gasteiger partial charge in [0, 0.05) is 6.42 Å². The number of amides is 1. The largest absolute Gasteiger partial charge is 0.480 e. The molecule has 114 valence electrons. The van der Waals surface area contributed by atoms with Crippen LogP contribution in [0.2, 0.25) is 0 Å². The first-order valence-electron chi connectivity index (χ1n) is 6.81.